The minimum absolute atomic E-state index is 0.000220. The fraction of sp³-hybridized carbons (Fsp3) is 1.00. The van der Waals surface area contributed by atoms with Crippen LogP contribution in [-0.4, -0.2) is 26.9 Å². The lowest BCUT2D eigenvalue weighted by molar-refractivity contribution is -0.0560. The number of halogens is 1. The van der Waals surface area contributed by atoms with Crippen LogP contribution < -0.4 is 0 Å². The van der Waals surface area contributed by atoms with Crippen molar-refractivity contribution in [1.82, 2.24) is 0 Å². The maximum atomic E-state index is 11.5. The third-order valence-corrected chi connectivity index (χ3v) is 6.23. The van der Waals surface area contributed by atoms with Crippen molar-refractivity contribution >= 4 is 19.7 Å². The Morgan fingerprint density at radius 1 is 1.24 bits per heavy atom. The van der Waals surface area contributed by atoms with Gasteiger partial charge in [-0.15, -0.1) is 0 Å². The van der Waals surface area contributed by atoms with E-state index in [9.17, 15) is 8.42 Å². The molecule has 2 unspecified atom stereocenters. The molecular formula is C16H31ClO3S. The van der Waals surface area contributed by atoms with E-state index in [-0.39, 0.29) is 17.3 Å². The zero-order valence-electron chi connectivity index (χ0n) is 14.1. The lowest BCUT2D eigenvalue weighted by Gasteiger charge is -2.40. The zero-order chi connectivity index (χ0) is 16.3. The van der Waals surface area contributed by atoms with E-state index in [4.69, 9.17) is 15.4 Å². The summed E-state index contributed by atoms with van der Waals surface area (Å²) in [5.41, 5.74) is -0.0482. The van der Waals surface area contributed by atoms with Crippen molar-refractivity contribution in [2.24, 2.45) is 16.7 Å². The van der Waals surface area contributed by atoms with E-state index in [1.807, 2.05) is 13.8 Å². The summed E-state index contributed by atoms with van der Waals surface area (Å²) < 4.78 is 29.1. The standard InChI is InChI=1S/C16H31ClO3S/c1-6-16(7-2,12-21(17,18)19)11-20-14-8-13(3)9-15(4,5)10-14/h13-14H,6-12H2,1-5H3. The van der Waals surface area contributed by atoms with Gasteiger partial charge in [0, 0.05) is 16.1 Å². The Balaban J connectivity index is 2.69. The molecule has 0 bridgehead atoms. The molecular weight excluding hydrogens is 308 g/mol. The second-order valence-electron chi connectivity index (χ2n) is 7.74. The van der Waals surface area contributed by atoms with Crippen LogP contribution in [0.4, 0.5) is 0 Å². The minimum atomic E-state index is -3.50. The minimum Gasteiger partial charge on any atom is -0.378 e. The first kappa shape index (κ1) is 19.2. The van der Waals surface area contributed by atoms with Crippen molar-refractivity contribution in [2.45, 2.75) is 72.8 Å². The quantitative estimate of drug-likeness (QED) is 0.637. The summed E-state index contributed by atoms with van der Waals surface area (Å²) in [5, 5.41) is 0. The summed E-state index contributed by atoms with van der Waals surface area (Å²) in [4.78, 5) is 0. The van der Waals surface area contributed by atoms with Gasteiger partial charge >= 0.3 is 0 Å². The maximum absolute atomic E-state index is 11.5. The van der Waals surface area contributed by atoms with Gasteiger partial charge in [-0.25, -0.2) is 8.42 Å². The second kappa shape index (κ2) is 7.18. The topological polar surface area (TPSA) is 43.4 Å². The largest absolute Gasteiger partial charge is 0.378 e. The molecule has 0 spiro atoms. The van der Waals surface area contributed by atoms with E-state index in [0.717, 1.165) is 25.7 Å². The van der Waals surface area contributed by atoms with E-state index in [0.29, 0.717) is 17.9 Å². The van der Waals surface area contributed by atoms with Gasteiger partial charge in [0.1, 0.15) is 0 Å². The van der Waals surface area contributed by atoms with Crippen LogP contribution in [0.15, 0.2) is 0 Å². The number of hydrogen-bond donors (Lipinski definition) is 0. The molecule has 21 heavy (non-hydrogen) atoms. The molecule has 5 heteroatoms. The smallest absolute Gasteiger partial charge is 0.233 e. The number of ether oxygens (including phenoxy) is 1. The predicted molar refractivity (Wildman–Crippen MR) is 89.2 cm³/mol. The molecule has 1 saturated carbocycles. The molecule has 0 N–H and O–H groups in total. The van der Waals surface area contributed by atoms with Gasteiger partial charge in [-0.3, -0.25) is 0 Å². The highest BCUT2D eigenvalue weighted by Crippen LogP contribution is 2.40. The van der Waals surface area contributed by atoms with Crippen molar-refractivity contribution in [3.8, 4) is 0 Å². The van der Waals surface area contributed by atoms with Gasteiger partial charge in [0.05, 0.1) is 18.5 Å². The van der Waals surface area contributed by atoms with Crippen molar-refractivity contribution in [2.75, 3.05) is 12.4 Å². The first-order chi connectivity index (χ1) is 9.51. The third kappa shape index (κ3) is 6.45. The molecule has 0 aromatic heterocycles. The molecule has 1 fully saturated rings. The van der Waals surface area contributed by atoms with Gasteiger partial charge in [-0.2, -0.15) is 0 Å². The summed E-state index contributed by atoms with van der Waals surface area (Å²) in [6.07, 6.45) is 5.12. The molecule has 126 valence electrons. The SMILES string of the molecule is CCC(CC)(COC1CC(C)CC(C)(C)C1)CS(=O)(=O)Cl. The summed E-state index contributed by atoms with van der Waals surface area (Å²) in [7, 11) is 1.98. The molecule has 0 saturated heterocycles. The summed E-state index contributed by atoms with van der Waals surface area (Å²) in [6.45, 7) is 11.4. The Labute approximate surface area is 135 Å². The Kier molecular flexibility index (Phi) is 6.58. The van der Waals surface area contributed by atoms with Crippen LogP contribution in [0.5, 0.6) is 0 Å². The average Bonchev–Trinajstić information content (AvgIpc) is 2.31. The van der Waals surface area contributed by atoms with E-state index in [1.165, 1.54) is 6.42 Å². The molecule has 2 atom stereocenters. The van der Waals surface area contributed by atoms with Crippen LogP contribution in [0.25, 0.3) is 0 Å². The molecule has 1 aliphatic rings. The van der Waals surface area contributed by atoms with Gasteiger partial charge in [-0.1, -0.05) is 34.6 Å². The van der Waals surface area contributed by atoms with Crippen LogP contribution >= 0.6 is 10.7 Å². The molecule has 1 aliphatic carbocycles. The van der Waals surface area contributed by atoms with E-state index >= 15 is 0 Å². The number of hydrogen-bond acceptors (Lipinski definition) is 3. The van der Waals surface area contributed by atoms with Gasteiger partial charge in [-0.05, 0) is 43.4 Å². The highest BCUT2D eigenvalue weighted by atomic mass is 35.7. The zero-order valence-corrected chi connectivity index (χ0v) is 15.7. The Bertz CT molecular complexity index is 427. The fourth-order valence-corrected chi connectivity index (χ4v) is 5.66. The first-order valence-corrected chi connectivity index (χ1v) is 10.5. The highest BCUT2D eigenvalue weighted by molar-refractivity contribution is 8.13. The summed E-state index contributed by atoms with van der Waals surface area (Å²) in [6, 6.07) is 0. The maximum Gasteiger partial charge on any atom is 0.233 e. The summed E-state index contributed by atoms with van der Waals surface area (Å²) >= 11 is 0. The van der Waals surface area contributed by atoms with Crippen molar-refractivity contribution in [3.05, 3.63) is 0 Å². The van der Waals surface area contributed by atoms with Crippen LogP contribution in [-0.2, 0) is 13.8 Å². The third-order valence-electron chi connectivity index (χ3n) is 4.95. The fourth-order valence-electron chi connectivity index (χ4n) is 3.75. The van der Waals surface area contributed by atoms with Crippen LogP contribution in [0.1, 0.15) is 66.7 Å². The summed E-state index contributed by atoms with van der Waals surface area (Å²) in [5.74, 6) is 0.661. The Hall–Kier alpha value is 0.200. The van der Waals surface area contributed by atoms with Crippen LogP contribution in [0.2, 0.25) is 0 Å². The van der Waals surface area contributed by atoms with Crippen LogP contribution in [0.3, 0.4) is 0 Å². The lowest BCUT2D eigenvalue weighted by Crippen LogP contribution is -2.38. The van der Waals surface area contributed by atoms with Gasteiger partial charge < -0.3 is 4.74 Å². The predicted octanol–water partition coefficient (Wildman–Crippen LogP) is 4.59. The highest BCUT2D eigenvalue weighted by Gasteiger charge is 2.36. The van der Waals surface area contributed by atoms with Crippen molar-refractivity contribution in [3.63, 3.8) is 0 Å². The second-order valence-corrected chi connectivity index (χ2v) is 10.5. The normalized spacial score (nSPS) is 26.8. The lowest BCUT2D eigenvalue weighted by atomic mass is 9.71. The average molecular weight is 339 g/mol. The molecule has 1 rings (SSSR count). The molecule has 0 heterocycles. The van der Waals surface area contributed by atoms with Gasteiger partial charge in [0.15, 0.2) is 0 Å². The van der Waals surface area contributed by atoms with E-state index < -0.39 is 9.05 Å². The van der Waals surface area contributed by atoms with Gasteiger partial charge in [0.25, 0.3) is 0 Å². The molecule has 3 nitrogen and oxygen atoms in total. The molecule has 0 aliphatic heterocycles. The molecule has 0 amide bonds. The molecule has 0 radical (unpaired) electrons. The van der Waals surface area contributed by atoms with Gasteiger partial charge in [0.2, 0.25) is 9.05 Å². The molecule has 0 aromatic carbocycles. The monoisotopic (exact) mass is 338 g/mol. The first-order valence-electron chi connectivity index (χ1n) is 8.05. The molecule has 0 aromatic rings. The van der Waals surface area contributed by atoms with E-state index in [1.54, 1.807) is 0 Å². The Morgan fingerprint density at radius 2 is 1.81 bits per heavy atom. The van der Waals surface area contributed by atoms with E-state index in [2.05, 4.69) is 20.8 Å². The van der Waals surface area contributed by atoms with Crippen molar-refractivity contribution < 1.29 is 13.2 Å². The Morgan fingerprint density at radius 3 is 2.24 bits per heavy atom. The van der Waals surface area contributed by atoms with Crippen molar-refractivity contribution in [1.29, 1.82) is 0 Å². The van der Waals surface area contributed by atoms with Crippen LogP contribution in [0, 0.1) is 16.7 Å². The number of rotatable bonds is 7.